The lowest BCUT2D eigenvalue weighted by molar-refractivity contribution is 0.0725. The first kappa shape index (κ1) is 16.7. The largest absolute Gasteiger partial charge is 0.493 e. The number of nitrogens with zero attached hydrogens (tertiary/aromatic N) is 2. The number of rotatable bonds is 4. The summed E-state index contributed by atoms with van der Waals surface area (Å²) >= 11 is 0. The van der Waals surface area contributed by atoms with Crippen LogP contribution in [0.25, 0.3) is 6.08 Å². The van der Waals surface area contributed by atoms with Crippen molar-refractivity contribution < 1.29 is 18.7 Å². The molecule has 0 fully saturated rings. The molecule has 6 heteroatoms. The second kappa shape index (κ2) is 7.57. The van der Waals surface area contributed by atoms with Gasteiger partial charge in [0.05, 0.1) is 12.7 Å². The molecule has 0 atom stereocenters. The Labute approximate surface area is 137 Å². The summed E-state index contributed by atoms with van der Waals surface area (Å²) in [5.41, 5.74) is 0.253. The van der Waals surface area contributed by atoms with E-state index < -0.39 is 11.8 Å². The molecule has 0 saturated carbocycles. The van der Waals surface area contributed by atoms with E-state index in [4.69, 9.17) is 20.0 Å². The Kier molecular flexibility index (Phi) is 5.28. The zero-order valence-corrected chi connectivity index (χ0v) is 12.6. The molecule has 0 radical (unpaired) electrons. The number of carbonyl (C=O) groups is 1. The minimum Gasteiger partial charge on any atom is -0.493 e. The summed E-state index contributed by atoms with van der Waals surface area (Å²) in [6, 6.07) is 13.4. The van der Waals surface area contributed by atoms with Crippen molar-refractivity contribution in [3.05, 3.63) is 65.0 Å². The second-order valence-electron chi connectivity index (χ2n) is 4.56. The SMILES string of the molecule is COc1cc(C=C(C#N)C#N)ccc1OC(=O)c1ccccc1F. The molecule has 0 spiro atoms. The molecule has 0 aliphatic rings. The Hall–Kier alpha value is -3.64. The number of nitriles is 2. The quantitative estimate of drug-likeness (QED) is 0.489. The van der Waals surface area contributed by atoms with E-state index in [1.165, 1.54) is 43.5 Å². The Morgan fingerprint density at radius 3 is 2.46 bits per heavy atom. The van der Waals surface area contributed by atoms with Crippen LogP contribution in [0.4, 0.5) is 4.39 Å². The van der Waals surface area contributed by atoms with Gasteiger partial charge in [-0.1, -0.05) is 18.2 Å². The van der Waals surface area contributed by atoms with Gasteiger partial charge in [-0.15, -0.1) is 0 Å². The fourth-order valence-corrected chi connectivity index (χ4v) is 1.90. The average Bonchev–Trinajstić information content (AvgIpc) is 2.60. The minimum atomic E-state index is -0.857. The van der Waals surface area contributed by atoms with Gasteiger partial charge in [0.15, 0.2) is 11.5 Å². The maximum Gasteiger partial charge on any atom is 0.346 e. The maximum absolute atomic E-state index is 13.6. The molecule has 0 heterocycles. The minimum absolute atomic E-state index is 0.0758. The van der Waals surface area contributed by atoms with Gasteiger partial charge >= 0.3 is 5.97 Å². The van der Waals surface area contributed by atoms with E-state index in [1.807, 2.05) is 0 Å². The van der Waals surface area contributed by atoms with Crippen molar-refractivity contribution in [1.29, 1.82) is 10.5 Å². The third-order valence-electron chi connectivity index (χ3n) is 3.04. The van der Waals surface area contributed by atoms with Gasteiger partial charge in [-0.3, -0.25) is 0 Å². The highest BCUT2D eigenvalue weighted by Crippen LogP contribution is 2.29. The van der Waals surface area contributed by atoms with Gasteiger partial charge in [-0.2, -0.15) is 10.5 Å². The van der Waals surface area contributed by atoms with Gasteiger partial charge in [0.1, 0.15) is 23.5 Å². The zero-order valence-electron chi connectivity index (χ0n) is 12.6. The first-order valence-electron chi connectivity index (χ1n) is 6.75. The summed E-state index contributed by atoms with van der Waals surface area (Å²) in [4.78, 5) is 12.0. The molecule has 2 rings (SSSR count). The van der Waals surface area contributed by atoms with Crippen LogP contribution in [0.15, 0.2) is 48.0 Å². The van der Waals surface area contributed by atoms with E-state index in [0.717, 1.165) is 6.07 Å². The number of hydrogen-bond acceptors (Lipinski definition) is 5. The lowest BCUT2D eigenvalue weighted by Crippen LogP contribution is -2.11. The van der Waals surface area contributed by atoms with E-state index in [1.54, 1.807) is 18.2 Å². The van der Waals surface area contributed by atoms with E-state index in [-0.39, 0.29) is 22.6 Å². The van der Waals surface area contributed by atoms with Gasteiger partial charge in [-0.25, -0.2) is 9.18 Å². The van der Waals surface area contributed by atoms with Crippen molar-refractivity contribution in [2.24, 2.45) is 0 Å². The smallest absolute Gasteiger partial charge is 0.346 e. The molecule has 2 aromatic carbocycles. The predicted molar refractivity (Wildman–Crippen MR) is 83.6 cm³/mol. The molecular weight excluding hydrogens is 311 g/mol. The van der Waals surface area contributed by atoms with Crippen LogP contribution in [0, 0.1) is 28.5 Å². The number of hydrogen-bond donors (Lipinski definition) is 0. The highest BCUT2D eigenvalue weighted by atomic mass is 19.1. The number of esters is 1. The highest BCUT2D eigenvalue weighted by Gasteiger charge is 2.16. The van der Waals surface area contributed by atoms with Gasteiger partial charge in [0, 0.05) is 0 Å². The van der Waals surface area contributed by atoms with Crippen LogP contribution < -0.4 is 9.47 Å². The molecular formula is C18H11FN2O3. The Morgan fingerprint density at radius 1 is 1.12 bits per heavy atom. The van der Waals surface area contributed by atoms with Crippen LogP contribution in [-0.2, 0) is 0 Å². The monoisotopic (exact) mass is 322 g/mol. The molecule has 0 bridgehead atoms. The molecule has 5 nitrogen and oxygen atoms in total. The standard InChI is InChI=1S/C18H11FN2O3/c1-23-17-9-12(8-13(10-20)11-21)6-7-16(17)24-18(22)14-4-2-3-5-15(14)19/h2-9H,1H3. The van der Waals surface area contributed by atoms with Crippen molar-refractivity contribution >= 4 is 12.0 Å². The van der Waals surface area contributed by atoms with Gasteiger partial charge in [0.2, 0.25) is 0 Å². The fraction of sp³-hybridized carbons (Fsp3) is 0.0556. The number of halogens is 1. The van der Waals surface area contributed by atoms with Crippen LogP contribution in [0.2, 0.25) is 0 Å². The van der Waals surface area contributed by atoms with Crippen LogP contribution in [0.1, 0.15) is 15.9 Å². The van der Waals surface area contributed by atoms with Gasteiger partial charge in [0.25, 0.3) is 0 Å². The highest BCUT2D eigenvalue weighted by molar-refractivity contribution is 5.91. The molecule has 24 heavy (non-hydrogen) atoms. The molecule has 2 aromatic rings. The molecule has 0 N–H and O–H groups in total. The van der Waals surface area contributed by atoms with E-state index in [0.29, 0.717) is 5.56 Å². The van der Waals surface area contributed by atoms with Crippen molar-refractivity contribution in [3.8, 4) is 23.6 Å². The summed E-state index contributed by atoms with van der Waals surface area (Å²) in [5.74, 6) is -1.24. The molecule has 0 aliphatic heterocycles. The first-order valence-corrected chi connectivity index (χ1v) is 6.75. The van der Waals surface area contributed by atoms with Crippen molar-refractivity contribution in [1.82, 2.24) is 0 Å². The Balaban J connectivity index is 2.31. The fourth-order valence-electron chi connectivity index (χ4n) is 1.90. The van der Waals surface area contributed by atoms with E-state index >= 15 is 0 Å². The number of methoxy groups -OCH3 is 1. The topological polar surface area (TPSA) is 83.1 Å². The lowest BCUT2D eigenvalue weighted by atomic mass is 10.1. The van der Waals surface area contributed by atoms with Gasteiger partial charge in [-0.05, 0) is 35.9 Å². The van der Waals surface area contributed by atoms with Crippen molar-refractivity contribution in [2.75, 3.05) is 7.11 Å². The van der Waals surface area contributed by atoms with Crippen LogP contribution in [0.3, 0.4) is 0 Å². The number of ether oxygens (including phenoxy) is 2. The summed E-state index contributed by atoms with van der Waals surface area (Å²) in [5, 5.41) is 17.5. The molecule has 0 amide bonds. The van der Waals surface area contributed by atoms with Crippen molar-refractivity contribution in [3.63, 3.8) is 0 Å². The number of carbonyl (C=O) groups excluding carboxylic acids is 1. The second-order valence-corrected chi connectivity index (χ2v) is 4.56. The summed E-state index contributed by atoms with van der Waals surface area (Å²) in [6.07, 6.45) is 1.37. The molecule has 0 aromatic heterocycles. The molecule has 0 saturated heterocycles. The van der Waals surface area contributed by atoms with Gasteiger partial charge < -0.3 is 9.47 Å². The maximum atomic E-state index is 13.6. The third kappa shape index (κ3) is 3.76. The number of allylic oxidation sites excluding steroid dienone is 1. The Bertz CT molecular complexity index is 876. The lowest BCUT2D eigenvalue weighted by Gasteiger charge is -2.10. The van der Waals surface area contributed by atoms with Crippen LogP contribution in [0.5, 0.6) is 11.5 Å². The summed E-state index contributed by atoms with van der Waals surface area (Å²) < 4.78 is 23.9. The normalized spacial score (nSPS) is 9.33. The van der Waals surface area contributed by atoms with Crippen LogP contribution in [-0.4, -0.2) is 13.1 Å². The molecule has 0 aliphatic carbocycles. The zero-order chi connectivity index (χ0) is 17.5. The molecule has 0 unspecified atom stereocenters. The number of benzene rings is 2. The van der Waals surface area contributed by atoms with E-state index in [9.17, 15) is 9.18 Å². The Morgan fingerprint density at radius 2 is 1.83 bits per heavy atom. The first-order chi connectivity index (χ1) is 11.6. The third-order valence-corrected chi connectivity index (χ3v) is 3.04. The average molecular weight is 322 g/mol. The molecule has 118 valence electrons. The van der Waals surface area contributed by atoms with Crippen LogP contribution >= 0.6 is 0 Å². The van der Waals surface area contributed by atoms with Crippen molar-refractivity contribution in [2.45, 2.75) is 0 Å². The predicted octanol–water partition coefficient (Wildman–Crippen LogP) is 3.48. The summed E-state index contributed by atoms with van der Waals surface area (Å²) in [7, 11) is 1.37. The van der Waals surface area contributed by atoms with E-state index in [2.05, 4.69) is 0 Å². The summed E-state index contributed by atoms with van der Waals surface area (Å²) in [6.45, 7) is 0.